The van der Waals surface area contributed by atoms with Gasteiger partial charge in [0.2, 0.25) is 5.91 Å². The molecule has 7 heteroatoms. The van der Waals surface area contributed by atoms with Crippen molar-refractivity contribution in [3.63, 3.8) is 0 Å². The molecule has 1 aromatic heterocycles. The molecule has 1 N–H and O–H groups in total. The highest BCUT2D eigenvalue weighted by molar-refractivity contribution is 7.14. The van der Waals surface area contributed by atoms with Crippen LogP contribution in [-0.2, 0) is 16.1 Å². The number of nitrogens with zero attached hydrogens (tertiary/aromatic N) is 2. The molecular formula is C23H18N2O4S. The highest BCUT2D eigenvalue weighted by Gasteiger charge is 2.19. The molecule has 0 radical (unpaired) electrons. The summed E-state index contributed by atoms with van der Waals surface area (Å²) >= 11 is 1.29. The molecule has 30 heavy (non-hydrogen) atoms. The molecule has 4 rings (SSSR count). The number of benzene rings is 3. The van der Waals surface area contributed by atoms with Crippen LogP contribution in [0.4, 0.5) is 10.8 Å². The molecule has 3 aromatic carbocycles. The number of esters is 1. The van der Waals surface area contributed by atoms with Gasteiger partial charge < -0.3 is 9.84 Å². The fourth-order valence-corrected chi connectivity index (χ4v) is 3.98. The molecule has 150 valence electrons. The Labute approximate surface area is 177 Å². The van der Waals surface area contributed by atoms with Gasteiger partial charge in [0.05, 0.1) is 11.4 Å². The summed E-state index contributed by atoms with van der Waals surface area (Å²) in [6.45, 7) is 1.40. The first kappa shape index (κ1) is 19.6. The summed E-state index contributed by atoms with van der Waals surface area (Å²) in [7, 11) is 0. The minimum absolute atomic E-state index is 0.0673. The lowest BCUT2D eigenvalue weighted by atomic mass is 10.1. The molecule has 0 aliphatic carbocycles. The summed E-state index contributed by atoms with van der Waals surface area (Å²) < 4.78 is 5.34. The number of phenols is 1. The monoisotopic (exact) mass is 418 g/mol. The second-order valence-electron chi connectivity index (χ2n) is 6.57. The Kier molecular flexibility index (Phi) is 5.45. The molecule has 0 spiro atoms. The van der Waals surface area contributed by atoms with Crippen LogP contribution in [0, 0.1) is 0 Å². The molecular weight excluding hydrogens is 400 g/mol. The van der Waals surface area contributed by atoms with Gasteiger partial charge in [0.25, 0.3) is 0 Å². The number of para-hydroxylation sites is 1. The maximum atomic E-state index is 12.5. The number of anilines is 2. The van der Waals surface area contributed by atoms with Gasteiger partial charge in [0.1, 0.15) is 17.9 Å². The van der Waals surface area contributed by atoms with Gasteiger partial charge in [-0.15, -0.1) is 11.3 Å². The Hall–Kier alpha value is -3.71. The normalized spacial score (nSPS) is 10.7. The standard InChI is InChI=1S/C23H18N2O4S/c1-15(26)25(18-8-3-2-4-9-18)23-24-17(14-30-23)13-29-22(28)20-12-11-16-7-5-6-10-19(16)21(20)27/h2-12,14,27H,13H2,1H3. The van der Waals surface area contributed by atoms with Crippen molar-refractivity contribution in [1.82, 2.24) is 4.98 Å². The maximum Gasteiger partial charge on any atom is 0.342 e. The summed E-state index contributed by atoms with van der Waals surface area (Å²) in [5.74, 6) is -0.914. The molecule has 0 atom stereocenters. The van der Waals surface area contributed by atoms with Crippen molar-refractivity contribution in [1.29, 1.82) is 0 Å². The van der Waals surface area contributed by atoms with Gasteiger partial charge in [-0.1, -0.05) is 48.5 Å². The third-order valence-electron chi connectivity index (χ3n) is 4.53. The molecule has 0 saturated heterocycles. The first-order chi connectivity index (χ1) is 14.5. The van der Waals surface area contributed by atoms with Crippen molar-refractivity contribution >= 4 is 44.8 Å². The van der Waals surface area contributed by atoms with E-state index >= 15 is 0 Å². The van der Waals surface area contributed by atoms with Crippen LogP contribution in [0.2, 0.25) is 0 Å². The SMILES string of the molecule is CC(=O)N(c1ccccc1)c1nc(COC(=O)c2ccc3ccccc3c2O)cs1. The van der Waals surface area contributed by atoms with E-state index in [9.17, 15) is 14.7 Å². The predicted octanol–water partition coefficient (Wildman–Crippen LogP) is 5.04. The number of hydrogen-bond donors (Lipinski definition) is 1. The quantitative estimate of drug-likeness (QED) is 0.459. The molecule has 0 unspecified atom stereocenters. The number of thiazole rings is 1. The third-order valence-corrected chi connectivity index (χ3v) is 5.41. The number of hydrogen-bond acceptors (Lipinski definition) is 6. The van der Waals surface area contributed by atoms with Crippen LogP contribution in [0.5, 0.6) is 5.75 Å². The Morgan fingerprint density at radius 3 is 2.53 bits per heavy atom. The zero-order chi connectivity index (χ0) is 21.1. The average Bonchev–Trinajstić information content (AvgIpc) is 3.21. The highest BCUT2D eigenvalue weighted by Crippen LogP contribution is 2.31. The van der Waals surface area contributed by atoms with Gasteiger partial charge in [-0.05, 0) is 23.6 Å². The Morgan fingerprint density at radius 1 is 1.03 bits per heavy atom. The summed E-state index contributed by atoms with van der Waals surface area (Å²) in [6.07, 6.45) is 0. The minimum Gasteiger partial charge on any atom is -0.506 e. The van der Waals surface area contributed by atoms with Crippen LogP contribution in [0.25, 0.3) is 10.8 Å². The number of aromatic hydroxyl groups is 1. The van der Waals surface area contributed by atoms with E-state index in [4.69, 9.17) is 4.74 Å². The second kappa shape index (κ2) is 8.34. The fourth-order valence-electron chi connectivity index (χ4n) is 3.11. The number of carbonyl (C=O) groups excluding carboxylic acids is 2. The Bertz CT molecular complexity index is 1220. The van der Waals surface area contributed by atoms with Gasteiger partial charge >= 0.3 is 5.97 Å². The van der Waals surface area contributed by atoms with Gasteiger partial charge in [-0.2, -0.15) is 0 Å². The van der Waals surface area contributed by atoms with Gasteiger partial charge in [-0.3, -0.25) is 9.69 Å². The average molecular weight is 418 g/mol. The lowest BCUT2D eigenvalue weighted by Crippen LogP contribution is -2.22. The van der Waals surface area contributed by atoms with Crippen molar-refractivity contribution in [3.05, 3.63) is 83.4 Å². The van der Waals surface area contributed by atoms with Gasteiger partial charge in [0.15, 0.2) is 5.13 Å². The van der Waals surface area contributed by atoms with E-state index in [1.165, 1.54) is 23.2 Å². The van der Waals surface area contributed by atoms with E-state index in [0.717, 1.165) is 5.39 Å². The lowest BCUT2D eigenvalue weighted by molar-refractivity contribution is -0.115. The molecule has 0 aliphatic heterocycles. The number of fused-ring (bicyclic) bond motifs is 1. The molecule has 0 saturated carbocycles. The van der Waals surface area contributed by atoms with Crippen molar-refractivity contribution in [2.75, 3.05) is 4.90 Å². The molecule has 0 fully saturated rings. The highest BCUT2D eigenvalue weighted by atomic mass is 32.1. The van der Waals surface area contributed by atoms with Crippen LogP contribution in [0.15, 0.2) is 72.1 Å². The zero-order valence-corrected chi connectivity index (χ0v) is 16.9. The third kappa shape index (κ3) is 3.88. The molecule has 4 aromatic rings. The van der Waals surface area contributed by atoms with E-state index in [-0.39, 0.29) is 23.8 Å². The number of aromatic nitrogens is 1. The topological polar surface area (TPSA) is 79.7 Å². The summed E-state index contributed by atoms with van der Waals surface area (Å²) in [5.41, 5.74) is 1.33. The van der Waals surface area contributed by atoms with Crippen molar-refractivity contribution in [2.24, 2.45) is 0 Å². The van der Waals surface area contributed by atoms with Crippen molar-refractivity contribution in [3.8, 4) is 5.75 Å². The second-order valence-corrected chi connectivity index (χ2v) is 7.41. The number of phenolic OH excluding ortho intramolecular Hbond substituents is 1. The minimum atomic E-state index is -0.640. The van der Waals surface area contributed by atoms with E-state index in [1.54, 1.807) is 29.6 Å². The predicted molar refractivity (Wildman–Crippen MR) is 116 cm³/mol. The van der Waals surface area contributed by atoms with Crippen LogP contribution in [0.3, 0.4) is 0 Å². The van der Waals surface area contributed by atoms with Crippen LogP contribution >= 0.6 is 11.3 Å². The first-order valence-electron chi connectivity index (χ1n) is 9.22. The maximum absolute atomic E-state index is 12.5. The molecule has 1 amide bonds. The number of carbonyl (C=O) groups is 2. The number of amides is 1. The van der Waals surface area contributed by atoms with E-state index < -0.39 is 5.97 Å². The van der Waals surface area contributed by atoms with Gasteiger partial charge in [0, 0.05) is 17.7 Å². The fraction of sp³-hybridized carbons (Fsp3) is 0.0870. The van der Waals surface area contributed by atoms with E-state index in [2.05, 4.69) is 4.98 Å². The summed E-state index contributed by atoms with van der Waals surface area (Å²) in [4.78, 5) is 30.5. The summed E-state index contributed by atoms with van der Waals surface area (Å²) in [5, 5.41) is 14.1. The molecule has 6 nitrogen and oxygen atoms in total. The molecule has 1 heterocycles. The number of ether oxygens (including phenoxy) is 1. The van der Waals surface area contributed by atoms with Crippen LogP contribution in [-0.4, -0.2) is 22.0 Å². The first-order valence-corrected chi connectivity index (χ1v) is 10.1. The van der Waals surface area contributed by atoms with Crippen molar-refractivity contribution in [2.45, 2.75) is 13.5 Å². The van der Waals surface area contributed by atoms with E-state index in [1.807, 2.05) is 42.5 Å². The number of rotatable bonds is 5. The van der Waals surface area contributed by atoms with E-state index in [0.29, 0.717) is 21.9 Å². The largest absolute Gasteiger partial charge is 0.506 e. The van der Waals surface area contributed by atoms with Crippen LogP contribution < -0.4 is 4.90 Å². The Balaban J connectivity index is 1.50. The smallest absolute Gasteiger partial charge is 0.342 e. The van der Waals surface area contributed by atoms with Crippen LogP contribution in [0.1, 0.15) is 23.0 Å². The van der Waals surface area contributed by atoms with Gasteiger partial charge in [-0.25, -0.2) is 9.78 Å². The molecule has 0 bridgehead atoms. The molecule has 0 aliphatic rings. The zero-order valence-electron chi connectivity index (χ0n) is 16.1. The Morgan fingerprint density at radius 2 is 1.77 bits per heavy atom. The lowest BCUT2D eigenvalue weighted by Gasteiger charge is -2.17. The summed E-state index contributed by atoms with van der Waals surface area (Å²) in [6, 6.07) is 19.8. The van der Waals surface area contributed by atoms with Crippen molar-refractivity contribution < 1.29 is 19.4 Å².